The molecule has 0 heterocycles. The van der Waals surface area contributed by atoms with E-state index >= 15 is 0 Å². The van der Waals surface area contributed by atoms with Crippen molar-refractivity contribution in [1.82, 2.24) is 0 Å². The quantitative estimate of drug-likeness (QED) is 0.772. The average molecular weight is 237 g/mol. The number of nitrogens with two attached hydrogens (primary N) is 1. The topological polar surface area (TPSA) is 52.3 Å². The molecule has 1 aromatic rings. The van der Waals surface area contributed by atoms with Crippen molar-refractivity contribution in [1.29, 1.82) is 0 Å². The molecule has 0 aromatic heterocycles. The lowest BCUT2D eigenvalue weighted by Gasteiger charge is -2.11. The van der Waals surface area contributed by atoms with Crippen molar-refractivity contribution in [2.24, 2.45) is 5.73 Å². The third-order valence-electron chi connectivity index (χ3n) is 1.49. The fourth-order valence-electron chi connectivity index (χ4n) is 0.928. The second-order valence-electron chi connectivity index (χ2n) is 2.56. The van der Waals surface area contributed by atoms with Gasteiger partial charge in [-0.15, -0.1) is 25.8 Å². The molecule has 1 aromatic carbocycles. The minimum atomic E-state index is -4.83. The summed E-state index contributed by atoms with van der Waals surface area (Å²) in [6.45, 7) is 0. The van der Waals surface area contributed by atoms with Crippen molar-refractivity contribution in [2.45, 2.75) is 11.3 Å². The smallest absolute Gasteiger partial charge is 0.405 e. The summed E-state index contributed by atoms with van der Waals surface area (Å²) in [5.41, 5.74) is 4.80. The van der Waals surface area contributed by atoms with Gasteiger partial charge in [-0.3, -0.25) is 4.79 Å². The highest BCUT2D eigenvalue weighted by molar-refractivity contribution is 7.80. The van der Waals surface area contributed by atoms with Gasteiger partial charge in [-0.05, 0) is 12.1 Å². The van der Waals surface area contributed by atoms with Crippen LogP contribution in [0.2, 0.25) is 0 Å². The maximum atomic E-state index is 11.9. The van der Waals surface area contributed by atoms with Gasteiger partial charge in [0.15, 0.2) is 0 Å². The molecule has 0 atom stereocenters. The molecule has 0 unspecified atom stereocenters. The van der Waals surface area contributed by atoms with E-state index in [1.807, 2.05) is 0 Å². The second kappa shape index (κ2) is 4.01. The molecule has 15 heavy (non-hydrogen) atoms. The molecular formula is C8H6F3NO2S. The summed E-state index contributed by atoms with van der Waals surface area (Å²) in [5.74, 6) is -1.42. The van der Waals surface area contributed by atoms with Gasteiger partial charge in [0.05, 0.1) is 10.5 Å². The van der Waals surface area contributed by atoms with Crippen molar-refractivity contribution in [2.75, 3.05) is 0 Å². The molecule has 2 N–H and O–H groups in total. The van der Waals surface area contributed by atoms with Gasteiger partial charge in [-0.1, -0.05) is 6.07 Å². The second-order valence-corrected chi connectivity index (χ2v) is 3.01. The van der Waals surface area contributed by atoms with Gasteiger partial charge in [-0.25, -0.2) is 0 Å². The molecule has 0 radical (unpaired) electrons. The number of carbonyl (C=O) groups excluding carboxylic acids is 1. The minimum Gasteiger partial charge on any atom is -0.405 e. The largest absolute Gasteiger partial charge is 0.573 e. The highest BCUT2D eigenvalue weighted by atomic mass is 32.1. The van der Waals surface area contributed by atoms with E-state index in [0.29, 0.717) is 0 Å². The van der Waals surface area contributed by atoms with Gasteiger partial charge >= 0.3 is 6.36 Å². The van der Waals surface area contributed by atoms with Crippen molar-refractivity contribution in [3.63, 3.8) is 0 Å². The number of ether oxygens (including phenoxy) is 1. The van der Waals surface area contributed by atoms with Gasteiger partial charge in [0.1, 0.15) is 5.75 Å². The molecule has 0 saturated heterocycles. The van der Waals surface area contributed by atoms with Gasteiger partial charge in [0.25, 0.3) is 0 Å². The maximum Gasteiger partial charge on any atom is 0.573 e. The number of primary amides is 1. The summed E-state index contributed by atoms with van der Waals surface area (Å²) in [4.78, 5) is 10.5. The van der Waals surface area contributed by atoms with Crippen LogP contribution >= 0.6 is 12.6 Å². The van der Waals surface area contributed by atoms with Crippen LogP contribution in [0, 0.1) is 0 Å². The fourth-order valence-corrected chi connectivity index (χ4v) is 1.23. The molecule has 0 saturated carbocycles. The summed E-state index contributed by atoms with van der Waals surface area (Å²) >= 11 is 3.74. The first-order valence-electron chi connectivity index (χ1n) is 3.69. The Labute approximate surface area is 88.4 Å². The first-order chi connectivity index (χ1) is 6.81. The Kier molecular flexibility index (Phi) is 3.13. The first kappa shape index (κ1) is 11.7. The molecule has 3 nitrogen and oxygen atoms in total. The van der Waals surface area contributed by atoms with Crippen LogP contribution < -0.4 is 10.5 Å². The minimum absolute atomic E-state index is 0.125. The molecular weight excluding hydrogens is 231 g/mol. The summed E-state index contributed by atoms with van der Waals surface area (Å²) in [5, 5.41) is 0. The van der Waals surface area contributed by atoms with E-state index < -0.39 is 18.0 Å². The van der Waals surface area contributed by atoms with Gasteiger partial charge in [0, 0.05) is 0 Å². The number of benzene rings is 1. The van der Waals surface area contributed by atoms with Crippen LogP contribution in [-0.2, 0) is 0 Å². The SMILES string of the molecule is NC(=O)c1cccc(OC(F)(F)F)c1S. The van der Waals surface area contributed by atoms with E-state index in [-0.39, 0.29) is 10.5 Å². The van der Waals surface area contributed by atoms with E-state index in [2.05, 4.69) is 17.4 Å². The van der Waals surface area contributed by atoms with E-state index in [1.54, 1.807) is 0 Å². The Hall–Kier alpha value is -1.37. The molecule has 0 aliphatic carbocycles. The molecule has 82 valence electrons. The molecule has 0 aliphatic heterocycles. The van der Waals surface area contributed by atoms with Crippen molar-refractivity contribution in [3.8, 4) is 5.75 Å². The number of rotatable bonds is 2. The number of thiol groups is 1. The lowest BCUT2D eigenvalue weighted by Crippen LogP contribution is -2.19. The standard InChI is InChI=1S/C8H6F3NO2S/c9-8(10,11)14-5-3-1-2-4(6(5)15)7(12)13/h1-3,15H,(H2,12,13). The predicted octanol–water partition coefficient (Wildman–Crippen LogP) is 1.97. The molecule has 0 aliphatic rings. The number of halogens is 3. The van der Waals surface area contributed by atoms with Crippen LogP contribution in [-0.4, -0.2) is 12.3 Å². The van der Waals surface area contributed by atoms with Crippen molar-refractivity contribution >= 4 is 18.5 Å². The average Bonchev–Trinajstić information content (AvgIpc) is 2.05. The number of alkyl halides is 3. The summed E-state index contributed by atoms with van der Waals surface area (Å²) in [6.07, 6.45) is -4.83. The zero-order chi connectivity index (χ0) is 11.6. The Balaban J connectivity index is 3.10. The van der Waals surface area contributed by atoms with Crippen LogP contribution in [0.25, 0.3) is 0 Å². The van der Waals surface area contributed by atoms with E-state index in [0.717, 1.165) is 6.07 Å². The number of amides is 1. The maximum absolute atomic E-state index is 11.9. The van der Waals surface area contributed by atoms with E-state index in [1.165, 1.54) is 12.1 Å². The van der Waals surface area contributed by atoms with E-state index in [4.69, 9.17) is 5.73 Å². The van der Waals surface area contributed by atoms with Crippen LogP contribution in [0.1, 0.15) is 10.4 Å². The fraction of sp³-hybridized carbons (Fsp3) is 0.125. The summed E-state index contributed by atoms with van der Waals surface area (Å²) in [7, 11) is 0. The molecule has 1 rings (SSSR count). The number of carbonyl (C=O) groups is 1. The molecule has 0 fully saturated rings. The predicted molar refractivity (Wildman–Crippen MR) is 48.9 cm³/mol. The third-order valence-corrected chi connectivity index (χ3v) is 1.95. The van der Waals surface area contributed by atoms with Gasteiger partial charge in [0.2, 0.25) is 5.91 Å². The Bertz CT molecular complexity index is 392. The summed E-state index contributed by atoms with van der Waals surface area (Å²) in [6, 6.07) is 3.52. The molecule has 0 spiro atoms. The van der Waals surface area contributed by atoms with E-state index in [9.17, 15) is 18.0 Å². The molecule has 1 amide bonds. The first-order valence-corrected chi connectivity index (χ1v) is 4.13. The van der Waals surface area contributed by atoms with Crippen LogP contribution in [0.3, 0.4) is 0 Å². The molecule has 0 bridgehead atoms. The van der Waals surface area contributed by atoms with Crippen molar-refractivity contribution < 1.29 is 22.7 Å². The highest BCUT2D eigenvalue weighted by Gasteiger charge is 2.32. The van der Waals surface area contributed by atoms with Gasteiger partial charge < -0.3 is 10.5 Å². The molecule has 7 heteroatoms. The monoisotopic (exact) mass is 237 g/mol. The van der Waals surface area contributed by atoms with Crippen LogP contribution in [0.15, 0.2) is 23.1 Å². The number of hydrogen-bond donors (Lipinski definition) is 2. The Morgan fingerprint density at radius 1 is 1.40 bits per heavy atom. The van der Waals surface area contributed by atoms with Crippen LogP contribution in [0.4, 0.5) is 13.2 Å². The Morgan fingerprint density at radius 2 is 2.00 bits per heavy atom. The normalized spacial score (nSPS) is 11.2. The lowest BCUT2D eigenvalue weighted by atomic mass is 10.2. The lowest BCUT2D eigenvalue weighted by molar-refractivity contribution is -0.275. The third kappa shape index (κ3) is 3.05. The van der Waals surface area contributed by atoms with Crippen LogP contribution in [0.5, 0.6) is 5.75 Å². The zero-order valence-electron chi connectivity index (χ0n) is 7.21. The highest BCUT2D eigenvalue weighted by Crippen LogP contribution is 2.30. The van der Waals surface area contributed by atoms with Gasteiger partial charge in [-0.2, -0.15) is 0 Å². The Morgan fingerprint density at radius 3 is 2.47 bits per heavy atom. The zero-order valence-corrected chi connectivity index (χ0v) is 8.10. The van der Waals surface area contributed by atoms with Crippen molar-refractivity contribution in [3.05, 3.63) is 23.8 Å². The number of hydrogen-bond acceptors (Lipinski definition) is 3. The summed E-state index contributed by atoms with van der Waals surface area (Å²) < 4.78 is 39.3.